The van der Waals surface area contributed by atoms with E-state index in [1.165, 1.54) is 0 Å². The molecule has 0 fully saturated rings. The van der Waals surface area contributed by atoms with Crippen molar-refractivity contribution in [3.8, 4) is 0 Å². The van der Waals surface area contributed by atoms with E-state index in [0.29, 0.717) is 6.42 Å². The van der Waals surface area contributed by atoms with Crippen LogP contribution in [0.15, 0.2) is 54.6 Å². The average Bonchev–Trinajstić information content (AvgIpc) is 2.63. The molecule has 1 amide bonds. The molecule has 0 saturated carbocycles. The Hall–Kier alpha value is -1.61. The highest BCUT2D eigenvalue weighted by Crippen LogP contribution is 2.44. The molecule has 0 spiro atoms. The highest BCUT2D eigenvalue weighted by Gasteiger charge is 2.44. The van der Waals surface area contributed by atoms with Gasteiger partial charge in [0.05, 0.1) is 0 Å². The van der Waals surface area contributed by atoms with Gasteiger partial charge in [0.1, 0.15) is 4.32 Å². The van der Waals surface area contributed by atoms with E-state index in [1.54, 1.807) is 0 Å². The lowest BCUT2D eigenvalue weighted by Gasteiger charge is -2.20. The van der Waals surface area contributed by atoms with Crippen LogP contribution in [0.5, 0.6) is 0 Å². The molecule has 1 heterocycles. The smallest absolute Gasteiger partial charge is 0.246 e. The van der Waals surface area contributed by atoms with Crippen molar-refractivity contribution in [3.05, 3.63) is 65.7 Å². The molecule has 2 nitrogen and oxygen atoms in total. The fraction of sp³-hybridized carbons (Fsp3) is 0.133. The van der Waals surface area contributed by atoms with Gasteiger partial charge in [0, 0.05) is 17.7 Å². The number of carbonyl (C=O) groups is 1. The molecule has 0 aromatic heterocycles. The number of para-hydroxylation sites is 1. The number of anilines is 1. The summed E-state index contributed by atoms with van der Waals surface area (Å²) in [5.74, 6) is 0.00699. The minimum absolute atomic E-state index is 0.00699. The third kappa shape index (κ3) is 1.75. The number of nitrogens with one attached hydrogen (secondary N) is 1. The van der Waals surface area contributed by atoms with Crippen molar-refractivity contribution >= 4 is 27.5 Å². The number of alkyl halides is 1. The Morgan fingerprint density at radius 1 is 1.00 bits per heavy atom. The minimum Gasteiger partial charge on any atom is -0.324 e. The largest absolute Gasteiger partial charge is 0.324 e. The van der Waals surface area contributed by atoms with Crippen molar-refractivity contribution in [2.24, 2.45) is 0 Å². The monoisotopic (exact) mass is 301 g/mol. The zero-order valence-electron chi connectivity index (χ0n) is 9.69. The van der Waals surface area contributed by atoms with Gasteiger partial charge in [0.25, 0.3) is 0 Å². The summed E-state index contributed by atoms with van der Waals surface area (Å²) in [5.41, 5.74) is 3.05. The van der Waals surface area contributed by atoms with Gasteiger partial charge >= 0.3 is 0 Å². The molecule has 1 atom stereocenters. The molecule has 18 heavy (non-hydrogen) atoms. The first-order chi connectivity index (χ1) is 8.70. The van der Waals surface area contributed by atoms with Gasteiger partial charge in [-0.25, -0.2) is 0 Å². The molecule has 3 heteroatoms. The Kier molecular flexibility index (Phi) is 2.71. The fourth-order valence-electron chi connectivity index (χ4n) is 2.33. The van der Waals surface area contributed by atoms with E-state index in [-0.39, 0.29) is 5.91 Å². The van der Waals surface area contributed by atoms with Crippen LogP contribution < -0.4 is 5.32 Å². The summed E-state index contributed by atoms with van der Waals surface area (Å²) >= 11 is 3.63. The maximum absolute atomic E-state index is 12.2. The number of amides is 1. The van der Waals surface area contributed by atoms with Crippen molar-refractivity contribution in [3.63, 3.8) is 0 Å². The van der Waals surface area contributed by atoms with Gasteiger partial charge in [-0.3, -0.25) is 4.79 Å². The van der Waals surface area contributed by atoms with Gasteiger partial charge in [-0.1, -0.05) is 64.5 Å². The number of hydrogen-bond acceptors (Lipinski definition) is 1. The van der Waals surface area contributed by atoms with E-state index >= 15 is 0 Å². The van der Waals surface area contributed by atoms with E-state index in [2.05, 4.69) is 21.2 Å². The van der Waals surface area contributed by atoms with E-state index in [4.69, 9.17) is 0 Å². The van der Waals surface area contributed by atoms with Crippen LogP contribution >= 0.6 is 15.9 Å². The Morgan fingerprint density at radius 2 is 1.67 bits per heavy atom. The van der Waals surface area contributed by atoms with E-state index in [0.717, 1.165) is 16.8 Å². The van der Waals surface area contributed by atoms with Crippen LogP contribution in [0, 0.1) is 0 Å². The second kappa shape index (κ2) is 4.25. The van der Waals surface area contributed by atoms with Gasteiger partial charge in [-0.15, -0.1) is 0 Å². The normalized spacial score (nSPS) is 21.5. The van der Waals surface area contributed by atoms with Crippen LogP contribution in [0.25, 0.3) is 0 Å². The first kappa shape index (κ1) is 11.5. The minimum atomic E-state index is -0.648. The van der Waals surface area contributed by atoms with Gasteiger partial charge in [0.2, 0.25) is 5.91 Å². The molecule has 0 radical (unpaired) electrons. The number of halogens is 1. The fourth-order valence-corrected chi connectivity index (χ4v) is 3.10. The summed E-state index contributed by atoms with van der Waals surface area (Å²) < 4.78 is -0.648. The van der Waals surface area contributed by atoms with Crippen LogP contribution in [0.2, 0.25) is 0 Å². The highest BCUT2D eigenvalue weighted by atomic mass is 79.9. The standard InChI is InChI=1S/C15H12BrNO/c16-15(10-11-6-2-1-3-7-11)12-8-4-5-9-13(12)17-14(15)18/h1-9H,10H2,(H,17,18). The lowest BCUT2D eigenvalue weighted by molar-refractivity contribution is -0.117. The van der Waals surface area contributed by atoms with Crippen molar-refractivity contribution in [2.45, 2.75) is 10.7 Å². The summed E-state index contributed by atoms with van der Waals surface area (Å²) in [6, 6.07) is 17.9. The number of carbonyl (C=O) groups excluding carboxylic acids is 1. The molecule has 90 valence electrons. The molecule has 2 aromatic rings. The summed E-state index contributed by atoms with van der Waals surface area (Å²) in [4.78, 5) is 12.2. The third-order valence-corrected chi connectivity index (χ3v) is 4.32. The Balaban J connectivity index is 2.02. The molecule has 1 unspecified atom stereocenters. The Bertz CT molecular complexity index is 596. The summed E-state index contributed by atoms with van der Waals surface area (Å²) in [6.45, 7) is 0. The molecular formula is C15H12BrNO. The Morgan fingerprint density at radius 3 is 2.44 bits per heavy atom. The molecule has 0 saturated heterocycles. The molecule has 1 aliphatic rings. The van der Waals surface area contributed by atoms with E-state index in [9.17, 15) is 4.79 Å². The van der Waals surface area contributed by atoms with Gasteiger partial charge in [0.15, 0.2) is 0 Å². The van der Waals surface area contributed by atoms with Crippen molar-refractivity contribution in [1.29, 1.82) is 0 Å². The molecule has 2 aromatic carbocycles. The van der Waals surface area contributed by atoms with Crippen LogP contribution in [0.3, 0.4) is 0 Å². The first-order valence-corrected chi connectivity index (χ1v) is 6.63. The molecule has 1 N–H and O–H groups in total. The SMILES string of the molecule is O=C1Nc2ccccc2C1(Br)Cc1ccccc1. The molecule has 0 bridgehead atoms. The zero-order chi connectivity index (χ0) is 12.6. The van der Waals surface area contributed by atoms with Crippen LogP contribution in [-0.2, 0) is 15.5 Å². The topological polar surface area (TPSA) is 29.1 Å². The predicted octanol–water partition coefficient (Wildman–Crippen LogP) is 3.47. The van der Waals surface area contributed by atoms with E-state index in [1.807, 2.05) is 54.6 Å². The molecule has 1 aliphatic heterocycles. The van der Waals surface area contributed by atoms with E-state index < -0.39 is 4.32 Å². The van der Waals surface area contributed by atoms with Crippen LogP contribution in [0.4, 0.5) is 5.69 Å². The van der Waals surface area contributed by atoms with Gasteiger partial charge < -0.3 is 5.32 Å². The Labute approximate surface area is 114 Å². The maximum Gasteiger partial charge on any atom is 0.246 e. The third-order valence-electron chi connectivity index (χ3n) is 3.25. The van der Waals surface area contributed by atoms with Crippen molar-refractivity contribution < 1.29 is 4.79 Å². The van der Waals surface area contributed by atoms with Crippen molar-refractivity contribution in [1.82, 2.24) is 0 Å². The molecular weight excluding hydrogens is 290 g/mol. The van der Waals surface area contributed by atoms with Crippen LogP contribution in [0.1, 0.15) is 11.1 Å². The second-order valence-corrected chi connectivity index (χ2v) is 5.82. The number of benzene rings is 2. The highest BCUT2D eigenvalue weighted by molar-refractivity contribution is 9.10. The predicted molar refractivity (Wildman–Crippen MR) is 75.8 cm³/mol. The van der Waals surface area contributed by atoms with Crippen molar-refractivity contribution in [2.75, 3.05) is 5.32 Å². The molecule has 3 rings (SSSR count). The quantitative estimate of drug-likeness (QED) is 0.846. The molecule has 0 aliphatic carbocycles. The summed E-state index contributed by atoms with van der Waals surface area (Å²) in [7, 11) is 0. The number of rotatable bonds is 2. The van der Waals surface area contributed by atoms with Gasteiger partial charge in [-0.2, -0.15) is 0 Å². The summed E-state index contributed by atoms with van der Waals surface area (Å²) in [5, 5.41) is 2.92. The lowest BCUT2D eigenvalue weighted by Crippen LogP contribution is -2.30. The van der Waals surface area contributed by atoms with Crippen LogP contribution in [-0.4, -0.2) is 5.91 Å². The zero-order valence-corrected chi connectivity index (χ0v) is 11.3. The maximum atomic E-state index is 12.2. The average molecular weight is 302 g/mol. The first-order valence-electron chi connectivity index (χ1n) is 5.84. The lowest BCUT2D eigenvalue weighted by atomic mass is 9.93. The summed E-state index contributed by atoms with van der Waals surface area (Å²) in [6.07, 6.45) is 0.649. The number of hydrogen-bond donors (Lipinski definition) is 1. The van der Waals surface area contributed by atoms with Gasteiger partial charge in [-0.05, 0) is 11.6 Å². The second-order valence-electron chi connectivity index (χ2n) is 4.46. The number of fused-ring (bicyclic) bond motifs is 1.